The van der Waals surface area contributed by atoms with Gasteiger partial charge in [0.15, 0.2) is 11.5 Å². The molecule has 0 spiro atoms. The van der Waals surface area contributed by atoms with Gasteiger partial charge in [-0.05, 0) is 108 Å². The Morgan fingerprint density at radius 2 is 1.76 bits per heavy atom. The Labute approximate surface area is 241 Å². The lowest BCUT2D eigenvalue weighted by Gasteiger charge is -2.15. The summed E-state index contributed by atoms with van der Waals surface area (Å²) in [6, 6.07) is 25.6. The molecule has 1 aliphatic heterocycles. The van der Waals surface area contributed by atoms with E-state index in [9.17, 15) is 9.59 Å². The lowest BCUT2D eigenvalue weighted by atomic mass is 10.0. The van der Waals surface area contributed by atoms with E-state index in [0.717, 1.165) is 42.8 Å². The van der Waals surface area contributed by atoms with Crippen LogP contribution in [0.15, 0.2) is 88.2 Å². The molecule has 0 unspecified atom stereocenters. The molecule has 5 rings (SSSR count). The van der Waals surface area contributed by atoms with E-state index in [0.29, 0.717) is 27.5 Å². The summed E-state index contributed by atoms with van der Waals surface area (Å²) < 4.78 is 13.5. The van der Waals surface area contributed by atoms with E-state index < -0.39 is 0 Å². The van der Waals surface area contributed by atoms with Gasteiger partial charge in [0.05, 0.1) is 23.0 Å². The van der Waals surface area contributed by atoms with Crippen LogP contribution >= 0.6 is 50.3 Å². The number of methoxy groups -OCH3 is 1. The maximum absolute atomic E-state index is 13.2. The van der Waals surface area contributed by atoms with Crippen LogP contribution in [0, 0.1) is 3.57 Å². The van der Waals surface area contributed by atoms with Gasteiger partial charge in [-0.25, -0.2) is 0 Å². The molecule has 0 bridgehead atoms. The Morgan fingerprint density at radius 1 is 1.00 bits per heavy atom. The summed E-state index contributed by atoms with van der Waals surface area (Å²) >= 11 is 6.78. The zero-order chi connectivity index (χ0) is 25.9. The van der Waals surface area contributed by atoms with Gasteiger partial charge in [0.25, 0.3) is 11.1 Å². The number of ether oxygens (including phenoxy) is 2. The van der Waals surface area contributed by atoms with Gasteiger partial charge in [-0.3, -0.25) is 14.5 Å². The second-order valence-corrected chi connectivity index (χ2v) is 11.4. The second-order valence-electron chi connectivity index (χ2n) is 8.36. The molecule has 0 radical (unpaired) electrons. The summed E-state index contributed by atoms with van der Waals surface area (Å²) in [5, 5.41) is 1.82. The SMILES string of the molecule is COc1cc(/C=C2/SC(=O)N(Cc3cccc4ccccc34)C2=O)cc(Br)c1OCc1ccc(I)cc1. The highest BCUT2D eigenvalue weighted by Crippen LogP contribution is 2.40. The molecule has 1 heterocycles. The van der Waals surface area contributed by atoms with Gasteiger partial charge in [0, 0.05) is 3.57 Å². The third-order valence-electron chi connectivity index (χ3n) is 5.93. The van der Waals surface area contributed by atoms with Crippen molar-refractivity contribution in [2.45, 2.75) is 13.2 Å². The molecule has 0 saturated carbocycles. The third kappa shape index (κ3) is 5.71. The number of nitrogens with zero attached hydrogens (tertiary/aromatic N) is 1. The van der Waals surface area contributed by atoms with Gasteiger partial charge in [-0.15, -0.1) is 0 Å². The van der Waals surface area contributed by atoms with Gasteiger partial charge in [0.1, 0.15) is 6.61 Å². The van der Waals surface area contributed by atoms with Crippen molar-refractivity contribution in [3.8, 4) is 11.5 Å². The van der Waals surface area contributed by atoms with Gasteiger partial charge < -0.3 is 9.47 Å². The second kappa shape index (κ2) is 11.3. The molecule has 4 aromatic carbocycles. The van der Waals surface area contributed by atoms with E-state index in [1.165, 1.54) is 4.90 Å². The summed E-state index contributed by atoms with van der Waals surface area (Å²) in [5.74, 6) is 0.792. The van der Waals surface area contributed by atoms with Crippen molar-refractivity contribution < 1.29 is 19.1 Å². The number of carbonyl (C=O) groups excluding carboxylic acids is 2. The molecule has 0 N–H and O–H groups in total. The van der Waals surface area contributed by atoms with Crippen molar-refractivity contribution in [1.29, 1.82) is 0 Å². The summed E-state index contributed by atoms with van der Waals surface area (Å²) in [5.41, 5.74) is 2.69. The van der Waals surface area contributed by atoms with Crippen LogP contribution in [0.2, 0.25) is 0 Å². The van der Waals surface area contributed by atoms with E-state index in [2.05, 4.69) is 38.5 Å². The molecule has 186 valence electrons. The number of amides is 2. The largest absolute Gasteiger partial charge is 0.493 e. The van der Waals surface area contributed by atoms with Crippen LogP contribution in [-0.2, 0) is 17.9 Å². The summed E-state index contributed by atoms with van der Waals surface area (Å²) in [6.07, 6.45) is 1.71. The van der Waals surface area contributed by atoms with Crippen molar-refractivity contribution in [3.05, 3.63) is 109 Å². The monoisotopic (exact) mass is 685 g/mol. The normalized spacial score (nSPS) is 14.6. The third-order valence-corrected chi connectivity index (χ3v) is 8.14. The highest BCUT2D eigenvalue weighted by atomic mass is 127. The van der Waals surface area contributed by atoms with Crippen LogP contribution in [0.4, 0.5) is 4.79 Å². The first-order chi connectivity index (χ1) is 17.9. The highest BCUT2D eigenvalue weighted by molar-refractivity contribution is 14.1. The maximum atomic E-state index is 13.2. The van der Waals surface area contributed by atoms with E-state index >= 15 is 0 Å². The predicted molar refractivity (Wildman–Crippen MR) is 160 cm³/mol. The van der Waals surface area contributed by atoms with Crippen molar-refractivity contribution in [1.82, 2.24) is 4.90 Å². The quantitative estimate of drug-likeness (QED) is 0.146. The van der Waals surface area contributed by atoms with Crippen LogP contribution in [-0.4, -0.2) is 23.2 Å². The number of fused-ring (bicyclic) bond motifs is 1. The minimum absolute atomic E-state index is 0.224. The van der Waals surface area contributed by atoms with Crippen LogP contribution in [0.25, 0.3) is 16.8 Å². The maximum Gasteiger partial charge on any atom is 0.293 e. The van der Waals surface area contributed by atoms with Crippen molar-refractivity contribution in [3.63, 3.8) is 0 Å². The number of halogens is 2. The zero-order valence-electron chi connectivity index (χ0n) is 19.7. The molecule has 2 amide bonds. The summed E-state index contributed by atoms with van der Waals surface area (Å²) in [4.78, 5) is 27.6. The van der Waals surface area contributed by atoms with Crippen LogP contribution in [0.5, 0.6) is 11.5 Å². The molecular weight excluding hydrogens is 665 g/mol. The molecule has 1 fully saturated rings. The molecular formula is C29H21BrINO4S. The highest BCUT2D eigenvalue weighted by Gasteiger charge is 2.35. The van der Waals surface area contributed by atoms with Crippen molar-refractivity contribution >= 4 is 78.3 Å². The molecule has 4 aromatic rings. The Bertz CT molecular complexity index is 1530. The zero-order valence-corrected chi connectivity index (χ0v) is 24.3. The first-order valence-corrected chi connectivity index (χ1v) is 14.1. The Morgan fingerprint density at radius 3 is 2.54 bits per heavy atom. The standard InChI is InChI=1S/C29H21BrINO4S/c1-35-25-14-19(13-24(30)27(25)36-17-18-9-11-22(31)12-10-18)15-26-28(33)32(29(34)37-26)16-21-7-4-6-20-5-2-3-8-23(20)21/h2-15H,16-17H2,1H3/b26-15+. The number of hydrogen-bond donors (Lipinski definition) is 0. The lowest BCUT2D eigenvalue weighted by Crippen LogP contribution is -2.27. The molecule has 1 saturated heterocycles. The number of imide groups is 1. The van der Waals surface area contributed by atoms with Gasteiger partial charge in [-0.2, -0.15) is 0 Å². The number of rotatable bonds is 7. The molecule has 8 heteroatoms. The number of carbonyl (C=O) groups is 2. The summed E-state index contributed by atoms with van der Waals surface area (Å²) in [6.45, 7) is 0.611. The first-order valence-electron chi connectivity index (χ1n) is 11.4. The fraction of sp³-hybridized carbons (Fsp3) is 0.103. The van der Waals surface area contributed by atoms with Crippen molar-refractivity contribution in [2.24, 2.45) is 0 Å². The van der Waals surface area contributed by atoms with Crippen molar-refractivity contribution in [2.75, 3.05) is 7.11 Å². The van der Waals surface area contributed by atoms with Crippen LogP contribution < -0.4 is 9.47 Å². The molecule has 0 atom stereocenters. The average Bonchev–Trinajstić information content (AvgIpc) is 3.16. The Kier molecular flexibility index (Phi) is 7.87. The smallest absolute Gasteiger partial charge is 0.293 e. The van der Waals surface area contributed by atoms with Gasteiger partial charge in [0.2, 0.25) is 0 Å². The fourth-order valence-corrected chi connectivity index (χ4v) is 5.86. The van der Waals surface area contributed by atoms with E-state index in [4.69, 9.17) is 9.47 Å². The Balaban J connectivity index is 1.36. The summed E-state index contributed by atoms with van der Waals surface area (Å²) in [7, 11) is 1.57. The fourth-order valence-electron chi connectivity index (χ4n) is 4.09. The molecule has 5 nitrogen and oxygen atoms in total. The van der Waals surface area contributed by atoms with E-state index in [-0.39, 0.29) is 17.7 Å². The lowest BCUT2D eigenvalue weighted by molar-refractivity contribution is -0.123. The minimum atomic E-state index is -0.308. The number of benzene rings is 4. The Hall–Kier alpha value is -2.82. The molecule has 37 heavy (non-hydrogen) atoms. The van der Waals surface area contributed by atoms with Gasteiger partial charge in [-0.1, -0.05) is 54.6 Å². The van der Waals surface area contributed by atoms with Crippen LogP contribution in [0.3, 0.4) is 0 Å². The van der Waals surface area contributed by atoms with Crippen LogP contribution in [0.1, 0.15) is 16.7 Å². The minimum Gasteiger partial charge on any atom is -0.493 e. The van der Waals surface area contributed by atoms with E-state index in [1.807, 2.05) is 72.8 Å². The predicted octanol–water partition coefficient (Wildman–Crippen LogP) is 8.03. The average molecular weight is 686 g/mol. The topological polar surface area (TPSA) is 55.8 Å². The number of hydrogen-bond acceptors (Lipinski definition) is 5. The van der Waals surface area contributed by atoms with Gasteiger partial charge >= 0.3 is 0 Å². The molecule has 0 aliphatic carbocycles. The molecule has 1 aliphatic rings. The van der Waals surface area contributed by atoms with E-state index in [1.54, 1.807) is 19.3 Å². The first kappa shape index (κ1) is 25.8. The molecule has 0 aromatic heterocycles. The number of thioether (sulfide) groups is 1.